The summed E-state index contributed by atoms with van der Waals surface area (Å²) in [7, 11) is 0. The molecule has 0 saturated heterocycles. The van der Waals surface area contributed by atoms with E-state index in [0.29, 0.717) is 12.3 Å². The van der Waals surface area contributed by atoms with E-state index in [1.54, 1.807) is 0 Å². The van der Waals surface area contributed by atoms with Crippen LogP contribution in [-0.4, -0.2) is 35.9 Å². The van der Waals surface area contributed by atoms with Crippen molar-refractivity contribution in [3.05, 3.63) is 90.1 Å². The fraction of sp³-hybridized carbons (Fsp3) is 0.192. The summed E-state index contributed by atoms with van der Waals surface area (Å²) in [6.45, 7) is 1.93. The van der Waals surface area contributed by atoms with Gasteiger partial charge in [-0.05, 0) is 46.8 Å². The second kappa shape index (κ2) is 9.26. The number of urea groups is 1. The predicted molar refractivity (Wildman–Crippen MR) is 130 cm³/mol. The van der Waals surface area contributed by atoms with E-state index >= 15 is 0 Å². The second-order valence-electron chi connectivity index (χ2n) is 8.10. The van der Waals surface area contributed by atoms with Crippen molar-refractivity contribution in [3.63, 3.8) is 0 Å². The molecule has 0 radical (unpaired) electrons. The number of aliphatic hydroxyl groups is 1. The van der Waals surface area contributed by atoms with Crippen LogP contribution in [0.4, 0.5) is 16.2 Å². The Morgan fingerprint density at radius 1 is 1.09 bits per heavy atom. The summed E-state index contributed by atoms with van der Waals surface area (Å²) in [5, 5.41) is 16.8. The molecule has 2 amide bonds. The van der Waals surface area contributed by atoms with Crippen LogP contribution >= 0.6 is 0 Å². The number of aromatic nitrogens is 1. The zero-order chi connectivity index (χ0) is 22.6. The first-order valence-corrected chi connectivity index (χ1v) is 11.0. The maximum Gasteiger partial charge on any atom is 0.319 e. The molecule has 1 atom stereocenters. The number of nitrogens with one attached hydrogen (secondary N) is 3. The van der Waals surface area contributed by atoms with Crippen LogP contribution in [0.15, 0.2) is 79.0 Å². The minimum absolute atomic E-state index is 0.221. The van der Waals surface area contributed by atoms with Crippen LogP contribution in [0.5, 0.6) is 5.75 Å². The van der Waals surface area contributed by atoms with Gasteiger partial charge in [0.15, 0.2) is 0 Å². The topological polar surface area (TPSA) is 89.6 Å². The first-order valence-electron chi connectivity index (χ1n) is 11.0. The lowest BCUT2D eigenvalue weighted by Crippen LogP contribution is -2.35. The first-order chi connectivity index (χ1) is 16.2. The van der Waals surface area contributed by atoms with Gasteiger partial charge in [0, 0.05) is 23.9 Å². The third-order valence-corrected chi connectivity index (χ3v) is 5.86. The average Bonchev–Trinajstić information content (AvgIpc) is 3.31. The zero-order valence-electron chi connectivity index (χ0n) is 18.1. The van der Waals surface area contributed by atoms with Crippen LogP contribution in [0.1, 0.15) is 17.2 Å². The molecule has 0 aliphatic carbocycles. The molecule has 33 heavy (non-hydrogen) atoms. The van der Waals surface area contributed by atoms with E-state index in [4.69, 9.17) is 4.74 Å². The smallest absolute Gasteiger partial charge is 0.319 e. The zero-order valence-corrected chi connectivity index (χ0v) is 18.1. The minimum Gasteiger partial charge on any atom is -0.490 e. The molecule has 7 heteroatoms. The van der Waals surface area contributed by atoms with Gasteiger partial charge in [0.05, 0.1) is 24.9 Å². The maximum atomic E-state index is 12.6. The van der Waals surface area contributed by atoms with E-state index in [1.807, 2.05) is 66.9 Å². The molecule has 1 aliphatic heterocycles. The number of amides is 2. The van der Waals surface area contributed by atoms with Gasteiger partial charge in [-0.15, -0.1) is 0 Å². The Labute approximate surface area is 192 Å². The molecule has 2 heterocycles. The third kappa shape index (κ3) is 4.63. The van der Waals surface area contributed by atoms with Crippen molar-refractivity contribution in [2.75, 3.05) is 30.0 Å². The number of hydrogen-bond donors (Lipinski definition) is 4. The molecule has 4 aromatic rings. The molecule has 5 rings (SSSR count). The molecule has 1 aromatic heterocycles. The summed E-state index contributed by atoms with van der Waals surface area (Å²) in [6.07, 6.45) is 1.86. The molecular weight excluding hydrogens is 416 g/mol. The lowest BCUT2D eigenvalue weighted by atomic mass is 10.0. The van der Waals surface area contributed by atoms with Gasteiger partial charge >= 0.3 is 6.03 Å². The van der Waals surface area contributed by atoms with E-state index < -0.39 is 6.04 Å². The van der Waals surface area contributed by atoms with E-state index in [1.165, 1.54) is 5.56 Å². The van der Waals surface area contributed by atoms with E-state index in [9.17, 15) is 9.90 Å². The summed E-state index contributed by atoms with van der Waals surface area (Å²) in [6, 6.07) is 22.8. The molecule has 0 saturated carbocycles. The van der Waals surface area contributed by atoms with Gasteiger partial charge in [-0.1, -0.05) is 42.5 Å². The maximum absolute atomic E-state index is 12.6. The Balaban J connectivity index is 1.31. The number of benzene rings is 3. The highest BCUT2D eigenvalue weighted by Gasteiger charge is 2.22. The Hall–Kier alpha value is -3.97. The molecule has 168 valence electrons. The molecular formula is C26H26N4O3. The van der Waals surface area contributed by atoms with Crippen molar-refractivity contribution < 1.29 is 14.6 Å². The van der Waals surface area contributed by atoms with Gasteiger partial charge in [0.1, 0.15) is 12.4 Å². The molecule has 0 fully saturated rings. The standard InChI is InChI=1S/C26H26N4O3/c31-17-23(29-26(32)28-21-8-6-19-10-11-27-22(19)15-21)20-7-9-25-24(14-20)30(12-13-33-25)16-18-4-2-1-3-5-18/h1-11,14-15,23,27,31H,12-13,16-17H2,(H2,28,29,32). The van der Waals surface area contributed by atoms with Crippen molar-refractivity contribution in [1.29, 1.82) is 0 Å². The Kier molecular flexibility index (Phi) is 5.87. The monoisotopic (exact) mass is 442 g/mol. The van der Waals surface area contributed by atoms with Gasteiger partial charge in [-0.3, -0.25) is 0 Å². The SMILES string of the molecule is O=C(Nc1ccc2cc[nH]c2c1)NC(CO)c1ccc2c(c1)N(Cc1ccccc1)CCO2. The fourth-order valence-corrected chi connectivity index (χ4v) is 4.16. The number of carbonyl (C=O) groups excluding carboxylic acids is 1. The number of ether oxygens (including phenoxy) is 1. The Morgan fingerprint density at radius 2 is 1.97 bits per heavy atom. The normalized spacial score (nSPS) is 13.8. The van der Waals surface area contributed by atoms with Crippen molar-refractivity contribution in [3.8, 4) is 5.75 Å². The summed E-state index contributed by atoms with van der Waals surface area (Å²) in [5.41, 5.74) is 4.60. The average molecular weight is 443 g/mol. The summed E-state index contributed by atoms with van der Waals surface area (Å²) in [5.74, 6) is 0.807. The van der Waals surface area contributed by atoms with Gasteiger partial charge in [-0.25, -0.2) is 4.79 Å². The van der Waals surface area contributed by atoms with Gasteiger partial charge in [0.2, 0.25) is 0 Å². The van der Waals surface area contributed by atoms with Crippen molar-refractivity contribution in [1.82, 2.24) is 10.3 Å². The van der Waals surface area contributed by atoms with E-state index in [0.717, 1.165) is 41.0 Å². The predicted octanol–water partition coefficient (Wildman–Crippen LogP) is 4.42. The molecule has 1 unspecified atom stereocenters. The number of nitrogens with zero attached hydrogens (tertiary/aromatic N) is 1. The molecule has 1 aliphatic rings. The number of aromatic amines is 1. The number of aliphatic hydroxyl groups excluding tert-OH is 1. The third-order valence-electron chi connectivity index (χ3n) is 5.86. The molecule has 3 aromatic carbocycles. The summed E-state index contributed by atoms with van der Waals surface area (Å²) in [4.78, 5) is 18.0. The van der Waals surface area contributed by atoms with Crippen molar-refractivity contribution >= 4 is 28.3 Å². The molecule has 0 spiro atoms. The molecule has 4 N–H and O–H groups in total. The second-order valence-corrected chi connectivity index (χ2v) is 8.10. The van der Waals surface area contributed by atoms with E-state index in [-0.39, 0.29) is 12.6 Å². The van der Waals surface area contributed by atoms with Crippen LogP contribution in [-0.2, 0) is 6.54 Å². The number of hydrogen-bond acceptors (Lipinski definition) is 4. The first kappa shape index (κ1) is 20.9. The summed E-state index contributed by atoms with van der Waals surface area (Å²) < 4.78 is 5.84. The van der Waals surface area contributed by atoms with Crippen LogP contribution in [0.25, 0.3) is 10.9 Å². The number of anilines is 2. The van der Waals surface area contributed by atoms with Crippen LogP contribution in [0.2, 0.25) is 0 Å². The van der Waals surface area contributed by atoms with Crippen molar-refractivity contribution in [2.45, 2.75) is 12.6 Å². The molecule has 7 nitrogen and oxygen atoms in total. The number of fused-ring (bicyclic) bond motifs is 2. The summed E-state index contributed by atoms with van der Waals surface area (Å²) >= 11 is 0. The lowest BCUT2D eigenvalue weighted by molar-refractivity contribution is 0.225. The van der Waals surface area contributed by atoms with Gasteiger partial charge in [0.25, 0.3) is 0 Å². The van der Waals surface area contributed by atoms with E-state index in [2.05, 4.69) is 32.7 Å². The largest absolute Gasteiger partial charge is 0.490 e. The molecule has 0 bridgehead atoms. The van der Waals surface area contributed by atoms with Gasteiger partial charge in [-0.2, -0.15) is 0 Å². The lowest BCUT2D eigenvalue weighted by Gasteiger charge is -2.32. The number of rotatable bonds is 6. The Morgan fingerprint density at radius 3 is 2.82 bits per heavy atom. The minimum atomic E-state index is -0.551. The van der Waals surface area contributed by atoms with Crippen molar-refractivity contribution in [2.24, 2.45) is 0 Å². The highest BCUT2D eigenvalue weighted by atomic mass is 16.5. The number of H-pyrrole nitrogens is 1. The highest BCUT2D eigenvalue weighted by Crippen LogP contribution is 2.35. The number of carbonyl (C=O) groups is 1. The van der Waals surface area contributed by atoms with Crippen LogP contribution < -0.4 is 20.3 Å². The van der Waals surface area contributed by atoms with Crippen LogP contribution in [0, 0.1) is 0 Å². The highest BCUT2D eigenvalue weighted by molar-refractivity contribution is 5.92. The van der Waals surface area contributed by atoms with Crippen LogP contribution in [0.3, 0.4) is 0 Å². The Bertz CT molecular complexity index is 1250. The van der Waals surface area contributed by atoms with Gasteiger partial charge < -0.3 is 30.4 Å². The quantitative estimate of drug-likeness (QED) is 0.356. The fourth-order valence-electron chi connectivity index (χ4n) is 4.16.